The van der Waals surface area contributed by atoms with Gasteiger partial charge in [0.1, 0.15) is 5.76 Å². The highest BCUT2D eigenvalue weighted by atomic mass is 32.2. The molecule has 4 heterocycles. The molecule has 0 N–H and O–H groups in total. The van der Waals surface area contributed by atoms with Crippen LogP contribution in [0.3, 0.4) is 0 Å². The summed E-state index contributed by atoms with van der Waals surface area (Å²) in [6.07, 6.45) is 6.70. The third-order valence-electron chi connectivity index (χ3n) is 5.06. The van der Waals surface area contributed by atoms with Gasteiger partial charge in [0.2, 0.25) is 5.91 Å². The number of carbonyl (C=O) groups is 2. The van der Waals surface area contributed by atoms with E-state index in [1.807, 2.05) is 15.9 Å². The second kappa shape index (κ2) is 8.12. The van der Waals surface area contributed by atoms with Gasteiger partial charge in [0.25, 0.3) is 5.91 Å². The van der Waals surface area contributed by atoms with Crippen molar-refractivity contribution in [3.05, 3.63) is 42.1 Å². The molecule has 0 saturated carbocycles. The van der Waals surface area contributed by atoms with Crippen LogP contribution in [-0.2, 0) is 10.5 Å². The fourth-order valence-electron chi connectivity index (χ4n) is 3.66. The summed E-state index contributed by atoms with van der Waals surface area (Å²) in [4.78, 5) is 36.7. The van der Waals surface area contributed by atoms with Gasteiger partial charge in [-0.25, -0.2) is 9.97 Å². The number of amides is 2. The largest absolute Gasteiger partial charge is 0.455 e. The first kappa shape index (κ1) is 18.0. The van der Waals surface area contributed by atoms with E-state index in [2.05, 4.69) is 9.97 Å². The third kappa shape index (κ3) is 4.16. The summed E-state index contributed by atoms with van der Waals surface area (Å²) in [5, 5.41) is 0.681. The lowest BCUT2D eigenvalue weighted by Crippen LogP contribution is -2.47. The van der Waals surface area contributed by atoms with Gasteiger partial charge in [-0.15, -0.1) is 0 Å². The van der Waals surface area contributed by atoms with E-state index in [0.29, 0.717) is 36.2 Å². The van der Waals surface area contributed by atoms with E-state index in [9.17, 15) is 9.59 Å². The van der Waals surface area contributed by atoms with Crippen LogP contribution in [0, 0.1) is 0 Å². The normalized spacial score (nSPS) is 18.3. The standard InChI is InChI=1S/C19H22N4O3S/c24-17-3-1-10-23(17)14-6-11-22(12-7-14)18(25)16-5-4-15(26-16)13-27-19-20-8-2-9-21-19/h2,4-5,8-9,14H,1,3,6-7,10-13H2. The highest BCUT2D eigenvalue weighted by Gasteiger charge is 2.32. The lowest BCUT2D eigenvalue weighted by molar-refractivity contribution is -0.130. The van der Waals surface area contributed by atoms with Gasteiger partial charge in [0.15, 0.2) is 10.9 Å². The Kier molecular flexibility index (Phi) is 5.42. The smallest absolute Gasteiger partial charge is 0.289 e. The second-order valence-electron chi connectivity index (χ2n) is 6.80. The Labute approximate surface area is 162 Å². The summed E-state index contributed by atoms with van der Waals surface area (Å²) < 4.78 is 5.73. The zero-order chi connectivity index (χ0) is 18.6. The van der Waals surface area contributed by atoms with Crippen molar-refractivity contribution in [1.29, 1.82) is 0 Å². The Morgan fingerprint density at radius 3 is 2.67 bits per heavy atom. The van der Waals surface area contributed by atoms with Crippen LogP contribution in [0.1, 0.15) is 42.0 Å². The first-order valence-corrected chi connectivity index (χ1v) is 10.3. The topological polar surface area (TPSA) is 79.5 Å². The van der Waals surface area contributed by atoms with E-state index in [0.717, 1.165) is 31.6 Å². The molecule has 0 unspecified atom stereocenters. The number of hydrogen-bond donors (Lipinski definition) is 0. The number of thioether (sulfide) groups is 1. The molecule has 0 aromatic carbocycles. The lowest BCUT2D eigenvalue weighted by Gasteiger charge is -2.36. The maximum absolute atomic E-state index is 12.7. The average Bonchev–Trinajstić information content (AvgIpc) is 3.36. The molecule has 2 fully saturated rings. The van der Waals surface area contributed by atoms with Crippen molar-refractivity contribution in [3.63, 3.8) is 0 Å². The Morgan fingerprint density at radius 2 is 1.96 bits per heavy atom. The van der Waals surface area contributed by atoms with Crippen LogP contribution in [0.25, 0.3) is 0 Å². The molecule has 0 bridgehead atoms. The molecule has 0 atom stereocenters. The fourth-order valence-corrected chi connectivity index (χ4v) is 4.35. The number of piperidine rings is 1. The van der Waals surface area contributed by atoms with E-state index in [-0.39, 0.29) is 17.9 Å². The zero-order valence-corrected chi connectivity index (χ0v) is 15.9. The molecule has 0 aliphatic carbocycles. The van der Waals surface area contributed by atoms with E-state index in [1.165, 1.54) is 11.8 Å². The first-order valence-electron chi connectivity index (χ1n) is 9.28. The molecule has 0 radical (unpaired) electrons. The minimum absolute atomic E-state index is 0.0755. The summed E-state index contributed by atoms with van der Waals surface area (Å²) in [5.74, 6) is 1.86. The molecule has 2 saturated heterocycles. The van der Waals surface area contributed by atoms with Gasteiger partial charge in [0, 0.05) is 44.5 Å². The Morgan fingerprint density at radius 1 is 1.19 bits per heavy atom. The van der Waals surface area contributed by atoms with Crippen molar-refractivity contribution < 1.29 is 14.0 Å². The molecule has 2 aromatic rings. The van der Waals surface area contributed by atoms with Crippen LogP contribution in [-0.4, -0.2) is 57.3 Å². The quantitative estimate of drug-likeness (QED) is 0.580. The SMILES string of the molecule is O=C(c1ccc(CSc2ncccn2)o1)N1CCC(N2CCCC2=O)CC1. The molecule has 0 spiro atoms. The molecule has 142 valence electrons. The number of likely N-dealkylation sites (tertiary alicyclic amines) is 2. The number of nitrogens with zero attached hydrogens (tertiary/aromatic N) is 4. The molecular formula is C19H22N4O3S. The van der Waals surface area contributed by atoms with Crippen molar-refractivity contribution in [2.45, 2.75) is 42.6 Å². The summed E-state index contributed by atoms with van der Waals surface area (Å²) >= 11 is 1.47. The van der Waals surface area contributed by atoms with Gasteiger partial charge in [-0.2, -0.15) is 0 Å². The molecule has 27 heavy (non-hydrogen) atoms. The highest BCUT2D eigenvalue weighted by molar-refractivity contribution is 7.98. The maximum Gasteiger partial charge on any atom is 0.289 e. The molecular weight excluding hydrogens is 364 g/mol. The summed E-state index contributed by atoms with van der Waals surface area (Å²) in [7, 11) is 0. The van der Waals surface area contributed by atoms with Gasteiger partial charge in [-0.1, -0.05) is 11.8 Å². The molecule has 7 nitrogen and oxygen atoms in total. The monoisotopic (exact) mass is 386 g/mol. The van der Waals surface area contributed by atoms with Crippen molar-refractivity contribution in [3.8, 4) is 0 Å². The van der Waals surface area contributed by atoms with Crippen LogP contribution in [0.15, 0.2) is 40.2 Å². The summed E-state index contributed by atoms with van der Waals surface area (Å²) in [5.41, 5.74) is 0. The highest BCUT2D eigenvalue weighted by Crippen LogP contribution is 2.24. The minimum Gasteiger partial charge on any atom is -0.455 e. The molecule has 8 heteroatoms. The molecule has 2 aliphatic rings. The van der Waals surface area contributed by atoms with Crippen molar-refractivity contribution in [1.82, 2.24) is 19.8 Å². The maximum atomic E-state index is 12.7. The van der Waals surface area contributed by atoms with Crippen molar-refractivity contribution in [2.75, 3.05) is 19.6 Å². The number of aromatic nitrogens is 2. The van der Waals surface area contributed by atoms with Crippen LogP contribution in [0.5, 0.6) is 0 Å². The molecule has 2 aromatic heterocycles. The van der Waals surface area contributed by atoms with Crippen LogP contribution < -0.4 is 0 Å². The average molecular weight is 386 g/mol. The van der Waals surface area contributed by atoms with Gasteiger partial charge < -0.3 is 14.2 Å². The summed E-state index contributed by atoms with van der Waals surface area (Å²) in [6, 6.07) is 5.62. The predicted molar refractivity (Wildman–Crippen MR) is 100 cm³/mol. The number of hydrogen-bond acceptors (Lipinski definition) is 6. The summed E-state index contributed by atoms with van der Waals surface area (Å²) in [6.45, 7) is 2.19. The fraction of sp³-hybridized carbons (Fsp3) is 0.474. The van der Waals surface area contributed by atoms with Crippen LogP contribution in [0.2, 0.25) is 0 Å². The van der Waals surface area contributed by atoms with Crippen molar-refractivity contribution >= 4 is 23.6 Å². The van der Waals surface area contributed by atoms with Crippen LogP contribution >= 0.6 is 11.8 Å². The first-order chi connectivity index (χ1) is 13.2. The lowest BCUT2D eigenvalue weighted by atomic mass is 10.0. The van der Waals surface area contributed by atoms with E-state index in [4.69, 9.17) is 4.42 Å². The predicted octanol–water partition coefficient (Wildman–Crippen LogP) is 2.59. The Bertz CT molecular complexity index is 802. The number of furan rings is 1. The number of rotatable bonds is 5. The van der Waals surface area contributed by atoms with Gasteiger partial charge in [-0.3, -0.25) is 9.59 Å². The van der Waals surface area contributed by atoms with Crippen LogP contribution in [0.4, 0.5) is 0 Å². The van der Waals surface area contributed by atoms with Gasteiger partial charge in [-0.05, 0) is 37.5 Å². The molecule has 4 rings (SSSR count). The minimum atomic E-state index is -0.0755. The zero-order valence-electron chi connectivity index (χ0n) is 15.0. The van der Waals surface area contributed by atoms with E-state index >= 15 is 0 Å². The van der Waals surface area contributed by atoms with Gasteiger partial charge in [0.05, 0.1) is 5.75 Å². The Hall–Kier alpha value is -2.35. The molecule has 2 amide bonds. The number of carbonyl (C=O) groups excluding carboxylic acids is 2. The van der Waals surface area contributed by atoms with Gasteiger partial charge >= 0.3 is 0 Å². The van der Waals surface area contributed by atoms with E-state index < -0.39 is 0 Å². The van der Waals surface area contributed by atoms with Crippen molar-refractivity contribution in [2.24, 2.45) is 0 Å². The Balaban J connectivity index is 1.30. The third-order valence-corrected chi connectivity index (χ3v) is 5.96. The van der Waals surface area contributed by atoms with E-state index in [1.54, 1.807) is 24.5 Å². The molecule has 2 aliphatic heterocycles. The second-order valence-corrected chi connectivity index (χ2v) is 7.74.